The Bertz CT molecular complexity index is 1220. The van der Waals surface area contributed by atoms with Crippen LogP contribution in [0.3, 0.4) is 0 Å². The molecule has 0 saturated heterocycles. The molecule has 2 aromatic carbocycles. The molecule has 3 aromatic rings. The molecule has 0 fully saturated rings. The highest BCUT2D eigenvalue weighted by atomic mass is 79.9. The molecule has 0 saturated carbocycles. The highest BCUT2D eigenvalue weighted by Gasteiger charge is 2.42. The molecule has 1 aromatic heterocycles. The van der Waals surface area contributed by atoms with E-state index in [4.69, 9.17) is 9.15 Å². The van der Waals surface area contributed by atoms with Gasteiger partial charge in [-0.2, -0.15) is 0 Å². The summed E-state index contributed by atoms with van der Waals surface area (Å²) in [5, 5.41) is 0.465. The molecule has 0 spiro atoms. The second kappa shape index (κ2) is 10.7. The number of hydrogen-bond donors (Lipinski definition) is 0. The van der Waals surface area contributed by atoms with E-state index in [0.29, 0.717) is 36.2 Å². The third-order valence-electron chi connectivity index (χ3n) is 6.18. The van der Waals surface area contributed by atoms with Crippen molar-refractivity contribution in [3.8, 4) is 5.75 Å². The van der Waals surface area contributed by atoms with E-state index in [1.54, 1.807) is 23.1 Å². The lowest BCUT2D eigenvalue weighted by atomic mass is 9.98. The highest BCUT2D eigenvalue weighted by Crippen LogP contribution is 2.38. The number of rotatable bonds is 10. The minimum absolute atomic E-state index is 0.139. The van der Waals surface area contributed by atoms with Crippen molar-refractivity contribution in [2.24, 2.45) is 0 Å². The fraction of sp³-hybridized carbons (Fsp3) is 0.407. The van der Waals surface area contributed by atoms with Crippen LogP contribution in [0.5, 0.6) is 5.75 Å². The topological polar surface area (TPSA) is 63.0 Å². The molecule has 1 atom stereocenters. The zero-order chi connectivity index (χ0) is 24.2. The molecule has 6 nitrogen and oxygen atoms in total. The second-order valence-electron chi connectivity index (χ2n) is 9.00. The number of amides is 1. The predicted molar refractivity (Wildman–Crippen MR) is 138 cm³/mol. The van der Waals surface area contributed by atoms with Crippen molar-refractivity contribution < 1.29 is 13.9 Å². The second-order valence-corrected chi connectivity index (χ2v) is 9.91. The molecule has 34 heavy (non-hydrogen) atoms. The van der Waals surface area contributed by atoms with Gasteiger partial charge >= 0.3 is 0 Å². The maximum absolute atomic E-state index is 13.6. The molecular weight excluding hydrogens is 496 g/mol. The first-order valence-corrected chi connectivity index (χ1v) is 12.6. The summed E-state index contributed by atoms with van der Waals surface area (Å²) in [5.41, 5.74) is 1.52. The van der Waals surface area contributed by atoms with Crippen LogP contribution >= 0.6 is 15.9 Å². The van der Waals surface area contributed by atoms with Crippen LogP contribution < -0.4 is 10.2 Å². The van der Waals surface area contributed by atoms with Crippen molar-refractivity contribution in [2.75, 3.05) is 33.8 Å². The van der Waals surface area contributed by atoms with Gasteiger partial charge in [0.2, 0.25) is 5.76 Å². The average Bonchev–Trinajstić information content (AvgIpc) is 3.10. The number of hydrogen-bond acceptors (Lipinski definition) is 5. The van der Waals surface area contributed by atoms with Crippen LogP contribution in [0, 0.1) is 0 Å². The highest BCUT2D eigenvalue weighted by molar-refractivity contribution is 9.10. The molecule has 0 bridgehead atoms. The average molecular weight is 527 g/mol. The van der Waals surface area contributed by atoms with E-state index in [0.717, 1.165) is 28.6 Å². The lowest BCUT2D eigenvalue weighted by molar-refractivity contribution is 0.0716. The molecule has 0 N–H and O–H groups in total. The lowest BCUT2D eigenvalue weighted by Crippen LogP contribution is -2.35. The first kappa shape index (κ1) is 24.5. The maximum atomic E-state index is 13.6. The van der Waals surface area contributed by atoms with Crippen LogP contribution in [0.25, 0.3) is 11.0 Å². The van der Waals surface area contributed by atoms with Gasteiger partial charge < -0.3 is 19.0 Å². The molecule has 2 heterocycles. The number of carbonyl (C=O) groups is 1. The Morgan fingerprint density at radius 3 is 2.53 bits per heavy atom. The van der Waals surface area contributed by atoms with Crippen molar-refractivity contribution in [1.29, 1.82) is 0 Å². The largest absolute Gasteiger partial charge is 0.494 e. The Labute approximate surface area is 208 Å². The van der Waals surface area contributed by atoms with Gasteiger partial charge in [0.25, 0.3) is 5.91 Å². The zero-order valence-electron chi connectivity index (χ0n) is 20.0. The van der Waals surface area contributed by atoms with E-state index < -0.39 is 6.04 Å². The third kappa shape index (κ3) is 5.05. The van der Waals surface area contributed by atoms with Crippen molar-refractivity contribution in [1.82, 2.24) is 9.80 Å². The summed E-state index contributed by atoms with van der Waals surface area (Å²) in [7, 11) is 3.93. The number of unbranched alkanes of at least 4 members (excludes halogenated alkanes) is 3. The van der Waals surface area contributed by atoms with Crippen molar-refractivity contribution >= 4 is 32.8 Å². The number of carbonyl (C=O) groups excluding carboxylic acids is 1. The zero-order valence-corrected chi connectivity index (χ0v) is 21.6. The van der Waals surface area contributed by atoms with Crippen LogP contribution in [0.15, 0.2) is 56.1 Å². The van der Waals surface area contributed by atoms with Gasteiger partial charge in [-0.05, 0) is 56.4 Å². The summed E-state index contributed by atoms with van der Waals surface area (Å²) < 4.78 is 12.7. The Hall–Kier alpha value is -2.64. The van der Waals surface area contributed by atoms with Crippen LogP contribution in [0.4, 0.5) is 0 Å². The lowest BCUT2D eigenvalue weighted by Gasteiger charge is -2.26. The van der Waals surface area contributed by atoms with Crippen LogP contribution in [0.2, 0.25) is 0 Å². The molecule has 0 aliphatic carbocycles. The Balaban J connectivity index is 1.69. The minimum atomic E-state index is -0.499. The minimum Gasteiger partial charge on any atom is -0.494 e. The van der Waals surface area contributed by atoms with Gasteiger partial charge in [-0.3, -0.25) is 9.59 Å². The summed E-state index contributed by atoms with van der Waals surface area (Å²) >= 11 is 3.44. The number of ether oxygens (including phenoxy) is 1. The monoisotopic (exact) mass is 526 g/mol. The number of nitrogens with zero attached hydrogens (tertiary/aromatic N) is 2. The molecule has 1 unspecified atom stereocenters. The van der Waals surface area contributed by atoms with Crippen LogP contribution in [0.1, 0.15) is 60.3 Å². The molecule has 7 heteroatoms. The third-order valence-corrected chi connectivity index (χ3v) is 6.67. The van der Waals surface area contributed by atoms with Gasteiger partial charge in [-0.15, -0.1) is 0 Å². The summed E-state index contributed by atoms with van der Waals surface area (Å²) in [6, 6.07) is 12.5. The fourth-order valence-electron chi connectivity index (χ4n) is 4.34. The normalized spacial score (nSPS) is 15.4. The Morgan fingerprint density at radius 2 is 1.82 bits per heavy atom. The molecule has 1 aliphatic heterocycles. The van der Waals surface area contributed by atoms with Crippen molar-refractivity contribution in [2.45, 2.75) is 38.6 Å². The summed E-state index contributed by atoms with van der Waals surface area (Å²) in [4.78, 5) is 30.7. The Morgan fingerprint density at radius 1 is 1.06 bits per heavy atom. The number of halogens is 1. The standard InChI is InChI=1S/C27H31BrN2O4/c1-4-5-6-7-16-33-20-11-8-18(9-12-20)24-23-25(31)21-17-19(28)10-13-22(21)34-26(23)27(32)30(24)15-14-29(2)3/h8-13,17,24H,4-7,14-16H2,1-3H3. The molecule has 0 radical (unpaired) electrons. The number of fused-ring (bicyclic) bond motifs is 2. The molecule has 1 amide bonds. The van der Waals surface area contributed by atoms with Gasteiger partial charge in [0.15, 0.2) is 5.43 Å². The molecule has 180 valence electrons. The number of likely N-dealkylation sites (N-methyl/N-ethyl adjacent to an activating group) is 1. The first-order valence-electron chi connectivity index (χ1n) is 11.9. The number of benzene rings is 2. The molecule has 1 aliphatic rings. The van der Waals surface area contributed by atoms with Gasteiger partial charge in [-0.1, -0.05) is 54.2 Å². The molecular formula is C27H31BrN2O4. The van der Waals surface area contributed by atoms with Crippen LogP contribution in [-0.2, 0) is 0 Å². The molecule has 4 rings (SSSR count). The summed E-state index contributed by atoms with van der Waals surface area (Å²) in [6.45, 7) is 4.03. The fourth-order valence-corrected chi connectivity index (χ4v) is 4.70. The SMILES string of the molecule is CCCCCCOc1ccc(C2c3c(oc4ccc(Br)cc4c3=O)C(=O)N2CCN(C)C)cc1. The van der Waals surface area contributed by atoms with Gasteiger partial charge in [-0.25, -0.2) is 0 Å². The van der Waals surface area contributed by atoms with Crippen molar-refractivity contribution in [3.05, 3.63) is 74.0 Å². The van der Waals surface area contributed by atoms with E-state index in [-0.39, 0.29) is 17.1 Å². The van der Waals surface area contributed by atoms with E-state index in [1.807, 2.05) is 43.3 Å². The van der Waals surface area contributed by atoms with E-state index in [1.165, 1.54) is 12.8 Å². The van der Waals surface area contributed by atoms with Gasteiger partial charge in [0.05, 0.1) is 23.6 Å². The predicted octanol–water partition coefficient (Wildman–Crippen LogP) is 5.62. The van der Waals surface area contributed by atoms with Crippen molar-refractivity contribution in [3.63, 3.8) is 0 Å². The smallest absolute Gasteiger partial charge is 0.290 e. The summed E-state index contributed by atoms with van der Waals surface area (Å²) in [6.07, 6.45) is 4.60. The van der Waals surface area contributed by atoms with E-state index in [2.05, 4.69) is 22.9 Å². The van der Waals surface area contributed by atoms with Gasteiger partial charge in [0, 0.05) is 17.6 Å². The summed E-state index contributed by atoms with van der Waals surface area (Å²) in [5.74, 6) is 0.680. The van der Waals surface area contributed by atoms with E-state index >= 15 is 0 Å². The van der Waals surface area contributed by atoms with Crippen LogP contribution in [-0.4, -0.2) is 49.5 Å². The quantitative estimate of drug-likeness (QED) is 0.320. The van der Waals surface area contributed by atoms with Gasteiger partial charge in [0.1, 0.15) is 11.3 Å². The first-order chi connectivity index (χ1) is 16.4. The maximum Gasteiger partial charge on any atom is 0.290 e. The van der Waals surface area contributed by atoms with E-state index in [9.17, 15) is 9.59 Å². The Kier molecular flexibility index (Phi) is 7.73.